The number of aromatic nitrogens is 1. The van der Waals surface area contributed by atoms with Gasteiger partial charge in [0.15, 0.2) is 0 Å². The summed E-state index contributed by atoms with van der Waals surface area (Å²) in [4.78, 5) is 23.4. The van der Waals surface area contributed by atoms with E-state index in [0.29, 0.717) is 0 Å². The fraction of sp³-hybridized carbons (Fsp3) is 0.133. The van der Waals surface area contributed by atoms with Gasteiger partial charge in [-0.3, -0.25) is 4.98 Å². The van der Waals surface area contributed by atoms with Crippen LogP contribution in [-0.2, 0) is 18.4 Å². The number of carbonyl (C=O) groups is 2. The second kappa shape index (κ2) is 11.5. The summed E-state index contributed by atoms with van der Waals surface area (Å²) in [5, 5.41) is 20.6. The normalized spacial score (nSPS) is 9.73. The minimum absolute atomic E-state index is 0.00951. The summed E-state index contributed by atoms with van der Waals surface area (Å²) in [5.74, 6) is -2.10. The number of anilines is 1. The number of nitrogens with zero attached hydrogens (tertiary/aromatic N) is 1. The number of halogens is 1. The first-order valence-electron chi connectivity index (χ1n) is 6.84. The van der Waals surface area contributed by atoms with Crippen molar-refractivity contribution in [2.45, 2.75) is 13.8 Å². The first kappa shape index (κ1) is 23.9. The molecule has 0 aliphatic rings. The van der Waals surface area contributed by atoms with Crippen molar-refractivity contribution in [3.8, 4) is 5.75 Å². The minimum atomic E-state index is -5.15. The fourth-order valence-electron chi connectivity index (χ4n) is 1.40. The number of benzene rings is 1. The van der Waals surface area contributed by atoms with Crippen LogP contribution >= 0.6 is 15.9 Å². The Morgan fingerprint density at radius 2 is 1.73 bits per heavy atom. The van der Waals surface area contributed by atoms with Gasteiger partial charge in [0.2, 0.25) is 0 Å². The zero-order valence-corrected chi connectivity index (χ0v) is 17.3. The summed E-state index contributed by atoms with van der Waals surface area (Å²) in [6.07, 6.45) is 3.49. The molecule has 0 atom stereocenters. The van der Waals surface area contributed by atoms with Gasteiger partial charge in [0.1, 0.15) is 0 Å². The fourth-order valence-corrected chi connectivity index (χ4v) is 3.09. The molecule has 2 rings (SSSR count). The molecule has 0 fully saturated rings. The standard InChI is InChI=1S/C8H10AsNO5.C5H4BrN.C2H3O2/c1-5(11)10-7-4-2-3-6(8(7)12)9(13,14)15;6-5-2-1-3-7-4-5;1-2(3)4/h2-4,12H,1H3,(H,10,11)(H2,13,14,15);1-4H;1H3. The van der Waals surface area contributed by atoms with Gasteiger partial charge in [-0.25, -0.2) is 9.90 Å². The molecule has 1 aromatic carbocycles. The van der Waals surface area contributed by atoms with Crippen molar-refractivity contribution in [2.24, 2.45) is 0 Å². The van der Waals surface area contributed by atoms with Gasteiger partial charge in [-0.1, -0.05) is 0 Å². The van der Waals surface area contributed by atoms with E-state index in [2.05, 4.69) is 26.2 Å². The monoisotopic (exact) mass is 491 g/mol. The van der Waals surface area contributed by atoms with Crippen molar-refractivity contribution in [1.82, 2.24) is 4.98 Å². The Labute approximate surface area is 160 Å². The molecule has 1 aromatic heterocycles. The van der Waals surface area contributed by atoms with Gasteiger partial charge in [-0.05, 0) is 28.1 Å². The van der Waals surface area contributed by atoms with Gasteiger partial charge < -0.3 is 0 Å². The molecule has 0 spiro atoms. The van der Waals surface area contributed by atoms with E-state index in [0.717, 1.165) is 17.5 Å². The van der Waals surface area contributed by atoms with Crippen LogP contribution in [0.3, 0.4) is 0 Å². The molecule has 1 amide bonds. The van der Waals surface area contributed by atoms with Crippen LogP contribution in [0.4, 0.5) is 5.69 Å². The number of nitrogens with one attached hydrogen (secondary N) is 1. The van der Waals surface area contributed by atoms with Crippen molar-refractivity contribution >= 4 is 52.0 Å². The van der Waals surface area contributed by atoms with Crippen LogP contribution in [0.25, 0.3) is 0 Å². The Morgan fingerprint density at radius 1 is 1.15 bits per heavy atom. The summed E-state index contributed by atoms with van der Waals surface area (Å²) in [6.45, 7) is 2.20. The molecule has 1 radical (unpaired) electrons. The van der Waals surface area contributed by atoms with Gasteiger partial charge in [0, 0.05) is 23.8 Å². The van der Waals surface area contributed by atoms with Crippen LogP contribution in [0.1, 0.15) is 13.8 Å². The largest absolute Gasteiger partial charge is 0.352 e. The quantitative estimate of drug-likeness (QED) is 0.356. The van der Waals surface area contributed by atoms with Crippen LogP contribution < -0.4 is 9.67 Å². The molecule has 0 bridgehead atoms. The molecule has 26 heavy (non-hydrogen) atoms. The van der Waals surface area contributed by atoms with Crippen molar-refractivity contribution in [3.63, 3.8) is 0 Å². The maximum atomic E-state index is 11.0. The maximum absolute atomic E-state index is 11.0. The summed E-state index contributed by atoms with van der Waals surface area (Å²) in [5.41, 5.74) is -0.00951. The molecule has 11 heteroatoms. The predicted octanol–water partition coefficient (Wildman–Crippen LogP) is 0.719. The van der Waals surface area contributed by atoms with Crippen molar-refractivity contribution < 1.29 is 31.7 Å². The number of para-hydroxylation sites is 1. The van der Waals surface area contributed by atoms with E-state index in [1.165, 1.54) is 19.1 Å². The van der Waals surface area contributed by atoms with E-state index in [9.17, 15) is 13.6 Å². The first-order chi connectivity index (χ1) is 11.9. The number of aromatic hydroxyl groups is 1. The molecule has 0 saturated heterocycles. The number of amides is 1. The molecule has 141 valence electrons. The molecule has 2 aromatic rings. The van der Waals surface area contributed by atoms with E-state index >= 15 is 0 Å². The number of phenols is 1. The van der Waals surface area contributed by atoms with Crippen LogP contribution in [-0.4, -0.2) is 44.3 Å². The Hall–Kier alpha value is -2.13. The van der Waals surface area contributed by atoms with Crippen LogP contribution in [0.15, 0.2) is 47.2 Å². The second-order valence-corrected chi connectivity index (χ2v) is 8.77. The number of phenolic OH excluding ortho intramolecular Hbond substituents is 1. The van der Waals surface area contributed by atoms with E-state index in [4.69, 9.17) is 18.1 Å². The van der Waals surface area contributed by atoms with E-state index < -0.39 is 36.1 Å². The van der Waals surface area contributed by atoms with Crippen LogP contribution in [0.2, 0.25) is 0 Å². The number of hydrogen-bond donors (Lipinski definition) is 4. The van der Waals surface area contributed by atoms with Crippen LogP contribution in [0, 0.1) is 0 Å². The Balaban J connectivity index is 0.000000467. The zero-order valence-electron chi connectivity index (χ0n) is 13.8. The Bertz CT molecular complexity index is 777. The molecule has 0 aliphatic carbocycles. The zero-order chi connectivity index (χ0) is 20.3. The second-order valence-electron chi connectivity index (χ2n) is 4.56. The maximum Gasteiger partial charge on any atom is 0.352 e. The molecule has 1 heterocycles. The third-order valence-corrected chi connectivity index (χ3v) is 4.81. The molecular weight excluding hydrogens is 475 g/mol. The molecule has 0 aliphatic heterocycles. The van der Waals surface area contributed by atoms with Crippen LogP contribution in [0.5, 0.6) is 5.75 Å². The Morgan fingerprint density at radius 3 is 2.08 bits per heavy atom. The number of rotatable bonds is 2. The molecule has 4 N–H and O–H groups in total. The van der Waals surface area contributed by atoms with Crippen molar-refractivity contribution in [2.75, 3.05) is 5.32 Å². The van der Waals surface area contributed by atoms with E-state index in [1.54, 1.807) is 12.4 Å². The first-order valence-corrected chi connectivity index (χ1v) is 11.0. The predicted molar refractivity (Wildman–Crippen MR) is 96.2 cm³/mol. The van der Waals surface area contributed by atoms with Crippen molar-refractivity contribution in [1.29, 1.82) is 0 Å². The van der Waals surface area contributed by atoms with Crippen molar-refractivity contribution in [3.05, 3.63) is 47.2 Å². The smallest absolute Gasteiger partial charge is 0.248 e. The average Bonchev–Trinajstić information content (AvgIpc) is 2.48. The number of hydrogen-bond acceptors (Lipinski definition) is 5. The van der Waals surface area contributed by atoms with Gasteiger partial charge in [0.25, 0.3) is 0 Å². The number of carbonyl (C=O) groups excluding carboxylic acids is 2. The molecule has 0 unspecified atom stereocenters. The third kappa shape index (κ3) is 10.7. The topological polar surface area (TPSA) is 157 Å². The molecule has 9 nitrogen and oxygen atoms in total. The van der Waals surface area contributed by atoms with Gasteiger partial charge in [-0.2, -0.15) is 0 Å². The van der Waals surface area contributed by atoms with E-state index in [-0.39, 0.29) is 5.69 Å². The summed E-state index contributed by atoms with van der Waals surface area (Å²) < 4.78 is 29.4. The third-order valence-electron chi connectivity index (χ3n) is 2.26. The van der Waals surface area contributed by atoms with Gasteiger partial charge in [-0.15, -0.1) is 0 Å². The average molecular weight is 492 g/mol. The Kier molecular flexibility index (Phi) is 10.5. The van der Waals surface area contributed by atoms with E-state index in [1.807, 2.05) is 12.1 Å². The van der Waals surface area contributed by atoms with Gasteiger partial charge >= 0.3 is 94.1 Å². The summed E-state index contributed by atoms with van der Waals surface area (Å²) in [6, 6.07) is 7.64. The summed E-state index contributed by atoms with van der Waals surface area (Å²) in [7, 11) is 0. The molecule has 0 saturated carbocycles. The van der Waals surface area contributed by atoms with Gasteiger partial charge in [0.05, 0.1) is 0 Å². The SMILES string of the molecule is Brc1cccnc1.CC(=O)Nc1cccc([As](=O)(O)O)c1O.CC([O])=O. The molecular formula is C15H17AsBrN2O7. The number of pyridine rings is 1. The minimum Gasteiger partial charge on any atom is -0.248 e. The summed E-state index contributed by atoms with van der Waals surface area (Å²) >= 11 is -1.90.